The minimum Gasteiger partial charge on any atom is -0.355 e. The fourth-order valence-corrected chi connectivity index (χ4v) is 1.10. The maximum Gasteiger partial charge on any atom is 0.239 e. The van der Waals surface area contributed by atoms with E-state index in [1.165, 1.54) is 0 Å². The van der Waals surface area contributed by atoms with Gasteiger partial charge in [-0.25, -0.2) is 5.01 Å². The Kier molecular flexibility index (Phi) is 2.65. The minimum absolute atomic E-state index is 0.0473. The lowest BCUT2D eigenvalue weighted by atomic mass is 10.1. The molecule has 0 spiro atoms. The van der Waals surface area contributed by atoms with Crippen molar-refractivity contribution in [1.29, 1.82) is 0 Å². The van der Waals surface area contributed by atoms with Crippen LogP contribution in [0.1, 0.15) is 6.42 Å². The van der Waals surface area contributed by atoms with Crippen molar-refractivity contribution in [3.05, 3.63) is 0 Å². The van der Waals surface area contributed by atoms with Crippen LogP contribution in [0.15, 0.2) is 0 Å². The maximum absolute atomic E-state index is 11.3. The fraction of sp³-hybridized carbons (Fsp3) is 0.714. The van der Waals surface area contributed by atoms with Gasteiger partial charge in [-0.3, -0.25) is 15.0 Å². The molecule has 5 nitrogen and oxygen atoms in total. The second-order valence-corrected chi connectivity index (χ2v) is 3.08. The largest absolute Gasteiger partial charge is 0.355 e. The van der Waals surface area contributed by atoms with Crippen LogP contribution in [0.25, 0.3) is 0 Å². The Morgan fingerprint density at radius 1 is 1.67 bits per heavy atom. The van der Waals surface area contributed by atoms with Crippen LogP contribution in [0.3, 0.4) is 0 Å². The molecule has 0 bridgehead atoms. The van der Waals surface area contributed by atoms with Crippen LogP contribution >= 0.6 is 0 Å². The molecule has 12 heavy (non-hydrogen) atoms. The van der Waals surface area contributed by atoms with Gasteiger partial charge in [-0.1, -0.05) is 0 Å². The van der Waals surface area contributed by atoms with E-state index in [2.05, 4.69) is 10.7 Å². The second-order valence-electron chi connectivity index (χ2n) is 3.08. The van der Waals surface area contributed by atoms with E-state index < -0.39 is 0 Å². The summed E-state index contributed by atoms with van der Waals surface area (Å²) < 4.78 is 0. The number of rotatable bonds is 2. The van der Waals surface area contributed by atoms with E-state index in [1.807, 2.05) is 0 Å². The molecule has 0 aromatic rings. The normalized spacial score (nSPS) is 22.6. The summed E-state index contributed by atoms with van der Waals surface area (Å²) in [6.07, 6.45) is 0.305. The molecule has 5 heteroatoms. The zero-order valence-corrected chi connectivity index (χ0v) is 7.26. The molecule has 1 fully saturated rings. The molecule has 2 N–H and O–H groups in total. The van der Waals surface area contributed by atoms with Crippen molar-refractivity contribution < 1.29 is 9.59 Å². The predicted molar refractivity (Wildman–Crippen MR) is 42.9 cm³/mol. The second kappa shape index (κ2) is 3.53. The van der Waals surface area contributed by atoms with E-state index in [9.17, 15) is 9.59 Å². The summed E-state index contributed by atoms with van der Waals surface area (Å²) in [4.78, 5) is 22.0. The lowest BCUT2D eigenvalue weighted by Crippen LogP contribution is -2.40. The number of nitrogens with zero attached hydrogens (tertiary/aromatic N) is 1. The fourth-order valence-electron chi connectivity index (χ4n) is 1.10. The number of hydrazine groups is 1. The molecule has 2 amide bonds. The molecular weight excluding hydrogens is 158 g/mol. The molecule has 68 valence electrons. The van der Waals surface area contributed by atoms with Gasteiger partial charge in [0.15, 0.2) is 0 Å². The zero-order chi connectivity index (χ0) is 9.14. The molecule has 1 aliphatic rings. The van der Waals surface area contributed by atoms with E-state index in [1.54, 1.807) is 19.1 Å². The van der Waals surface area contributed by atoms with Gasteiger partial charge >= 0.3 is 0 Å². The summed E-state index contributed by atoms with van der Waals surface area (Å²) in [5.41, 5.74) is 2.61. The van der Waals surface area contributed by atoms with Gasteiger partial charge in [-0.2, -0.15) is 0 Å². The third-order valence-corrected chi connectivity index (χ3v) is 1.68. The van der Waals surface area contributed by atoms with E-state index in [4.69, 9.17) is 0 Å². The van der Waals surface area contributed by atoms with Gasteiger partial charge in [0, 0.05) is 27.1 Å². The van der Waals surface area contributed by atoms with Crippen LogP contribution < -0.4 is 10.7 Å². The SMILES string of the molecule is CN(C)NC(=O)C1CNC(=O)C1. The van der Waals surface area contributed by atoms with Gasteiger partial charge in [-0.15, -0.1) is 0 Å². The average Bonchev–Trinajstić information content (AvgIpc) is 2.34. The molecule has 0 aromatic carbocycles. The third kappa shape index (κ3) is 2.20. The van der Waals surface area contributed by atoms with E-state index in [0.29, 0.717) is 13.0 Å². The summed E-state index contributed by atoms with van der Waals surface area (Å²) in [6, 6.07) is 0. The Bertz CT molecular complexity index is 203. The number of amides is 2. The molecule has 0 radical (unpaired) electrons. The molecule has 0 aromatic heterocycles. The monoisotopic (exact) mass is 171 g/mol. The molecule has 1 atom stereocenters. The van der Waals surface area contributed by atoms with Gasteiger partial charge in [0.05, 0.1) is 5.92 Å². The highest BCUT2D eigenvalue weighted by Crippen LogP contribution is 2.08. The van der Waals surface area contributed by atoms with Crippen molar-refractivity contribution in [2.45, 2.75) is 6.42 Å². The average molecular weight is 171 g/mol. The van der Waals surface area contributed by atoms with Crippen molar-refractivity contribution in [3.8, 4) is 0 Å². The lowest BCUT2D eigenvalue weighted by molar-refractivity contribution is -0.129. The van der Waals surface area contributed by atoms with Crippen LogP contribution in [-0.4, -0.2) is 37.5 Å². The first-order valence-corrected chi connectivity index (χ1v) is 3.84. The van der Waals surface area contributed by atoms with Crippen molar-refractivity contribution in [3.63, 3.8) is 0 Å². The van der Waals surface area contributed by atoms with Crippen LogP contribution in [-0.2, 0) is 9.59 Å². The first-order valence-electron chi connectivity index (χ1n) is 3.84. The molecule has 0 aliphatic carbocycles. The Morgan fingerprint density at radius 3 is 2.75 bits per heavy atom. The van der Waals surface area contributed by atoms with E-state index in [0.717, 1.165) is 0 Å². The Hall–Kier alpha value is -1.10. The Labute approximate surface area is 71.1 Å². The minimum atomic E-state index is -0.208. The highest BCUT2D eigenvalue weighted by Gasteiger charge is 2.27. The van der Waals surface area contributed by atoms with Crippen molar-refractivity contribution in [2.75, 3.05) is 20.6 Å². The molecule has 1 aliphatic heterocycles. The summed E-state index contributed by atoms with van der Waals surface area (Å²) in [6.45, 7) is 0.457. The summed E-state index contributed by atoms with van der Waals surface area (Å²) >= 11 is 0. The smallest absolute Gasteiger partial charge is 0.239 e. The van der Waals surface area contributed by atoms with Crippen molar-refractivity contribution in [2.24, 2.45) is 5.92 Å². The standard InChI is InChI=1S/C7H13N3O2/c1-10(2)9-7(12)5-3-6(11)8-4-5/h5H,3-4H2,1-2H3,(H,8,11)(H,9,12). The summed E-state index contributed by atoms with van der Waals surface area (Å²) in [7, 11) is 3.48. The number of hydrogen-bond acceptors (Lipinski definition) is 3. The van der Waals surface area contributed by atoms with Gasteiger partial charge in [0.1, 0.15) is 0 Å². The van der Waals surface area contributed by atoms with Crippen LogP contribution in [0, 0.1) is 5.92 Å². The number of carbonyl (C=O) groups is 2. The number of hydrogen-bond donors (Lipinski definition) is 2. The van der Waals surface area contributed by atoms with Crippen LogP contribution in [0.2, 0.25) is 0 Å². The van der Waals surface area contributed by atoms with Crippen LogP contribution in [0.4, 0.5) is 0 Å². The van der Waals surface area contributed by atoms with E-state index in [-0.39, 0.29) is 17.7 Å². The molecule has 0 saturated carbocycles. The van der Waals surface area contributed by atoms with Crippen LogP contribution in [0.5, 0.6) is 0 Å². The molecule has 1 unspecified atom stereocenters. The third-order valence-electron chi connectivity index (χ3n) is 1.68. The number of carbonyl (C=O) groups excluding carboxylic acids is 2. The maximum atomic E-state index is 11.3. The van der Waals surface area contributed by atoms with Gasteiger partial charge in [0.2, 0.25) is 11.8 Å². The first kappa shape index (κ1) is 8.99. The van der Waals surface area contributed by atoms with Crippen molar-refractivity contribution >= 4 is 11.8 Å². The molecule has 1 heterocycles. The summed E-state index contributed by atoms with van der Waals surface area (Å²) in [5, 5.41) is 4.18. The quantitative estimate of drug-likeness (QED) is 0.508. The Balaban J connectivity index is 2.38. The van der Waals surface area contributed by atoms with E-state index >= 15 is 0 Å². The molecular formula is C7H13N3O2. The van der Waals surface area contributed by atoms with Gasteiger partial charge < -0.3 is 5.32 Å². The topological polar surface area (TPSA) is 61.4 Å². The number of nitrogens with one attached hydrogen (secondary N) is 2. The lowest BCUT2D eigenvalue weighted by Gasteiger charge is -2.14. The highest BCUT2D eigenvalue weighted by atomic mass is 16.2. The Morgan fingerprint density at radius 2 is 2.33 bits per heavy atom. The summed E-state index contributed by atoms with van der Waals surface area (Å²) in [5.74, 6) is -0.354. The predicted octanol–water partition coefficient (Wildman–Crippen LogP) is -1.28. The van der Waals surface area contributed by atoms with Crippen molar-refractivity contribution in [1.82, 2.24) is 15.8 Å². The molecule has 1 rings (SSSR count). The van der Waals surface area contributed by atoms with Gasteiger partial charge in [0.25, 0.3) is 0 Å². The zero-order valence-electron chi connectivity index (χ0n) is 7.26. The molecule has 1 saturated heterocycles. The van der Waals surface area contributed by atoms with Gasteiger partial charge in [-0.05, 0) is 0 Å². The highest BCUT2D eigenvalue weighted by molar-refractivity contribution is 5.88. The first-order chi connectivity index (χ1) is 5.59.